The van der Waals surface area contributed by atoms with Crippen molar-refractivity contribution in [2.75, 3.05) is 51.1 Å². The number of benzene rings is 1. The van der Waals surface area contributed by atoms with Gasteiger partial charge in [-0.25, -0.2) is 0 Å². The molecule has 2 aliphatic rings. The summed E-state index contributed by atoms with van der Waals surface area (Å²) in [6.45, 7) is 9.02. The van der Waals surface area contributed by atoms with Crippen LogP contribution in [0.2, 0.25) is 0 Å². The number of nitrogens with zero attached hydrogens (tertiary/aromatic N) is 3. The molecule has 164 valence electrons. The normalized spacial score (nSPS) is 18.0. The molecule has 1 N–H and O–H groups in total. The van der Waals surface area contributed by atoms with E-state index in [-0.39, 0.29) is 11.8 Å². The summed E-state index contributed by atoms with van der Waals surface area (Å²) in [5.74, 6) is 0.231. The maximum atomic E-state index is 12.8. The standard InChI is InChI=1S/C24H36N4O2/c1-3-20-10-8-9-13-22(20)25-23(29)18-26-14-16-27(17-15-26)19-24(30)28(4-2)21-11-6-5-7-12-21/h8-11,13H,3-7,12,14-19H2,1-2H3,(H,25,29). The van der Waals surface area contributed by atoms with Crippen LogP contribution in [0.5, 0.6) is 0 Å². The Kier molecular flexibility index (Phi) is 8.46. The molecular weight excluding hydrogens is 376 g/mol. The quantitative estimate of drug-likeness (QED) is 0.713. The average molecular weight is 413 g/mol. The van der Waals surface area contributed by atoms with Gasteiger partial charge in [0.25, 0.3) is 0 Å². The molecule has 0 bridgehead atoms. The van der Waals surface area contributed by atoms with Crippen molar-refractivity contribution in [3.63, 3.8) is 0 Å². The number of amides is 2. The van der Waals surface area contributed by atoms with E-state index in [1.54, 1.807) is 0 Å². The highest BCUT2D eigenvalue weighted by atomic mass is 16.2. The van der Waals surface area contributed by atoms with Gasteiger partial charge in [0.05, 0.1) is 13.1 Å². The number of likely N-dealkylation sites (N-methyl/N-ethyl adjacent to an activating group) is 1. The van der Waals surface area contributed by atoms with Crippen LogP contribution in [0.15, 0.2) is 36.0 Å². The van der Waals surface area contributed by atoms with Crippen molar-refractivity contribution in [3.8, 4) is 0 Å². The molecule has 0 saturated carbocycles. The molecule has 1 heterocycles. The summed E-state index contributed by atoms with van der Waals surface area (Å²) >= 11 is 0. The molecule has 1 aliphatic carbocycles. The van der Waals surface area contributed by atoms with Crippen LogP contribution < -0.4 is 5.32 Å². The van der Waals surface area contributed by atoms with Crippen molar-refractivity contribution in [1.29, 1.82) is 0 Å². The SMILES string of the molecule is CCc1ccccc1NC(=O)CN1CCN(CC(=O)N(CC)C2=CCCCC2)CC1. The molecule has 0 atom stereocenters. The number of hydrogen-bond acceptors (Lipinski definition) is 4. The Morgan fingerprint density at radius 1 is 1.00 bits per heavy atom. The zero-order valence-electron chi connectivity index (χ0n) is 18.5. The topological polar surface area (TPSA) is 55.9 Å². The lowest BCUT2D eigenvalue weighted by Gasteiger charge is -2.35. The molecule has 6 nitrogen and oxygen atoms in total. The maximum absolute atomic E-state index is 12.8. The summed E-state index contributed by atoms with van der Waals surface area (Å²) in [7, 11) is 0. The molecule has 2 amide bonds. The average Bonchev–Trinajstić information content (AvgIpc) is 2.77. The first-order chi connectivity index (χ1) is 14.6. The molecule has 1 fully saturated rings. The number of piperazine rings is 1. The van der Waals surface area contributed by atoms with Gasteiger partial charge in [-0.15, -0.1) is 0 Å². The van der Waals surface area contributed by atoms with E-state index in [1.807, 2.05) is 29.2 Å². The number of allylic oxidation sites excluding steroid dienone is 2. The van der Waals surface area contributed by atoms with Crippen molar-refractivity contribution < 1.29 is 9.59 Å². The van der Waals surface area contributed by atoms with Crippen molar-refractivity contribution in [2.24, 2.45) is 0 Å². The molecule has 1 aliphatic heterocycles. The van der Waals surface area contributed by atoms with Gasteiger partial charge in [-0.2, -0.15) is 0 Å². The second-order valence-electron chi connectivity index (χ2n) is 8.19. The lowest BCUT2D eigenvalue weighted by atomic mass is 10.0. The maximum Gasteiger partial charge on any atom is 0.240 e. The molecule has 6 heteroatoms. The smallest absolute Gasteiger partial charge is 0.240 e. The summed E-state index contributed by atoms with van der Waals surface area (Å²) in [4.78, 5) is 31.7. The Morgan fingerprint density at radius 3 is 2.33 bits per heavy atom. The molecule has 0 radical (unpaired) electrons. The molecule has 1 aromatic carbocycles. The summed E-state index contributed by atoms with van der Waals surface area (Å²) in [5, 5.41) is 3.05. The third-order valence-corrected chi connectivity index (χ3v) is 6.09. The van der Waals surface area contributed by atoms with Gasteiger partial charge in [0, 0.05) is 44.1 Å². The van der Waals surface area contributed by atoms with Crippen molar-refractivity contribution in [2.45, 2.75) is 46.0 Å². The number of carbonyl (C=O) groups is 2. The Bertz CT molecular complexity index is 753. The van der Waals surface area contributed by atoms with Crippen LogP contribution >= 0.6 is 0 Å². The van der Waals surface area contributed by atoms with E-state index in [1.165, 1.54) is 18.5 Å². The molecule has 0 aromatic heterocycles. The Balaban J connectivity index is 1.43. The highest BCUT2D eigenvalue weighted by molar-refractivity contribution is 5.93. The second kappa shape index (κ2) is 11.3. The van der Waals surface area contributed by atoms with E-state index in [0.717, 1.165) is 63.2 Å². The highest BCUT2D eigenvalue weighted by Crippen LogP contribution is 2.21. The van der Waals surface area contributed by atoms with E-state index in [4.69, 9.17) is 0 Å². The summed E-state index contributed by atoms with van der Waals surface area (Å²) in [5.41, 5.74) is 3.27. The number of para-hydroxylation sites is 1. The fourth-order valence-electron chi connectivity index (χ4n) is 4.33. The zero-order chi connectivity index (χ0) is 21.3. The first kappa shape index (κ1) is 22.5. The summed E-state index contributed by atoms with van der Waals surface area (Å²) in [6.07, 6.45) is 7.65. The number of rotatable bonds is 8. The number of hydrogen-bond donors (Lipinski definition) is 1. The number of carbonyl (C=O) groups excluding carboxylic acids is 2. The van der Waals surface area contributed by atoms with Crippen LogP contribution in [0.25, 0.3) is 0 Å². The van der Waals surface area contributed by atoms with Crippen LogP contribution in [-0.2, 0) is 16.0 Å². The number of aryl methyl sites for hydroxylation is 1. The molecule has 0 spiro atoms. The molecule has 3 rings (SSSR count). The Labute approximate surface area is 180 Å². The lowest BCUT2D eigenvalue weighted by Crippen LogP contribution is -2.51. The van der Waals surface area contributed by atoms with E-state index in [9.17, 15) is 9.59 Å². The van der Waals surface area contributed by atoms with Crippen LogP contribution in [-0.4, -0.2) is 72.3 Å². The molecule has 1 saturated heterocycles. The summed E-state index contributed by atoms with van der Waals surface area (Å²) < 4.78 is 0. The van der Waals surface area contributed by atoms with Gasteiger partial charge in [0.1, 0.15) is 0 Å². The monoisotopic (exact) mass is 412 g/mol. The van der Waals surface area contributed by atoms with Gasteiger partial charge in [0.2, 0.25) is 11.8 Å². The molecule has 0 unspecified atom stereocenters. The number of nitrogens with one attached hydrogen (secondary N) is 1. The summed E-state index contributed by atoms with van der Waals surface area (Å²) in [6, 6.07) is 7.96. The third-order valence-electron chi connectivity index (χ3n) is 6.09. The van der Waals surface area contributed by atoms with E-state index in [0.29, 0.717) is 13.1 Å². The van der Waals surface area contributed by atoms with Gasteiger partial charge in [0.15, 0.2) is 0 Å². The zero-order valence-corrected chi connectivity index (χ0v) is 18.5. The second-order valence-corrected chi connectivity index (χ2v) is 8.19. The number of anilines is 1. The van der Waals surface area contributed by atoms with E-state index in [2.05, 4.69) is 35.0 Å². The molecule has 30 heavy (non-hydrogen) atoms. The van der Waals surface area contributed by atoms with Crippen molar-refractivity contribution >= 4 is 17.5 Å². The minimum absolute atomic E-state index is 0.0295. The van der Waals surface area contributed by atoms with Gasteiger partial charge in [-0.1, -0.05) is 31.2 Å². The Hall–Kier alpha value is -2.18. The van der Waals surface area contributed by atoms with Gasteiger partial charge in [-0.05, 0) is 50.7 Å². The largest absolute Gasteiger partial charge is 0.325 e. The van der Waals surface area contributed by atoms with Gasteiger partial charge >= 0.3 is 0 Å². The first-order valence-corrected chi connectivity index (χ1v) is 11.4. The van der Waals surface area contributed by atoms with E-state index < -0.39 is 0 Å². The fourth-order valence-corrected chi connectivity index (χ4v) is 4.33. The van der Waals surface area contributed by atoms with Crippen LogP contribution in [0.4, 0.5) is 5.69 Å². The first-order valence-electron chi connectivity index (χ1n) is 11.4. The van der Waals surface area contributed by atoms with Crippen LogP contribution in [0.3, 0.4) is 0 Å². The van der Waals surface area contributed by atoms with Crippen LogP contribution in [0.1, 0.15) is 45.1 Å². The Morgan fingerprint density at radius 2 is 1.70 bits per heavy atom. The minimum Gasteiger partial charge on any atom is -0.325 e. The minimum atomic E-state index is 0.0295. The fraction of sp³-hybridized carbons (Fsp3) is 0.583. The predicted octanol–water partition coefficient (Wildman–Crippen LogP) is 3.11. The van der Waals surface area contributed by atoms with Crippen molar-refractivity contribution in [3.05, 3.63) is 41.6 Å². The van der Waals surface area contributed by atoms with Crippen LogP contribution in [0, 0.1) is 0 Å². The highest BCUT2D eigenvalue weighted by Gasteiger charge is 2.24. The third kappa shape index (κ3) is 6.16. The van der Waals surface area contributed by atoms with Gasteiger partial charge in [-0.3, -0.25) is 19.4 Å². The van der Waals surface area contributed by atoms with E-state index >= 15 is 0 Å². The van der Waals surface area contributed by atoms with Gasteiger partial charge < -0.3 is 10.2 Å². The molecular formula is C24H36N4O2. The van der Waals surface area contributed by atoms with Crippen molar-refractivity contribution in [1.82, 2.24) is 14.7 Å². The molecule has 1 aromatic rings. The predicted molar refractivity (Wildman–Crippen MR) is 121 cm³/mol. The lowest BCUT2D eigenvalue weighted by molar-refractivity contribution is -0.131.